The predicted molar refractivity (Wildman–Crippen MR) is 68.9 cm³/mol. The van der Waals surface area contributed by atoms with E-state index in [0.29, 0.717) is 12.3 Å². The molecule has 0 aliphatic rings. The fraction of sp³-hybridized carbons (Fsp3) is 0.308. The van der Waals surface area contributed by atoms with Gasteiger partial charge in [0.05, 0.1) is 11.2 Å². The Morgan fingerprint density at radius 2 is 2.28 bits per heavy atom. The second-order valence-electron chi connectivity index (χ2n) is 3.99. The largest absolute Gasteiger partial charge is 0.356 e. The Labute approximate surface area is 110 Å². The summed E-state index contributed by atoms with van der Waals surface area (Å²) in [5.41, 5.74) is 1.67. The SMILES string of the molecule is CCCNCc1cnoc1-c1ccc(F)c(Cl)c1. The van der Waals surface area contributed by atoms with E-state index in [2.05, 4.69) is 17.4 Å². The first-order valence-electron chi connectivity index (χ1n) is 5.82. The van der Waals surface area contributed by atoms with Crippen molar-refractivity contribution in [1.29, 1.82) is 0 Å². The van der Waals surface area contributed by atoms with Gasteiger partial charge in [-0.3, -0.25) is 0 Å². The number of rotatable bonds is 5. The molecule has 0 radical (unpaired) electrons. The molecule has 1 N–H and O–H groups in total. The Bertz CT molecular complexity index is 527. The summed E-state index contributed by atoms with van der Waals surface area (Å²) in [5.74, 6) is 0.186. The maximum Gasteiger partial charge on any atom is 0.171 e. The minimum atomic E-state index is -0.439. The van der Waals surface area contributed by atoms with Gasteiger partial charge >= 0.3 is 0 Å². The molecule has 0 aliphatic heterocycles. The minimum Gasteiger partial charge on any atom is -0.356 e. The van der Waals surface area contributed by atoms with Gasteiger partial charge in [0.25, 0.3) is 0 Å². The first kappa shape index (κ1) is 13.1. The molecule has 2 rings (SSSR count). The standard InChI is InChI=1S/C13H14ClFN2O/c1-2-5-16-7-10-8-17-18-13(10)9-3-4-12(15)11(14)6-9/h3-4,6,8,16H,2,5,7H2,1H3. The summed E-state index contributed by atoms with van der Waals surface area (Å²) < 4.78 is 18.3. The third-order valence-electron chi connectivity index (χ3n) is 2.57. The van der Waals surface area contributed by atoms with Crippen LogP contribution in [-0.2, 0) is 6.54 Å². The van der Waals surface area contributed by atoms with Crippen LogP contribution in [0.5, 0.6) is 0 Å². The van der Waals surface area contributed by atoms with Crippen LogP contribution in [0.4, 0.5) is 4.39 Å². The lowest BCUT2D eigenvalue weighted by Crippen LogP contribution is -2.13. The predicted octanol–water partition coefficient (Wildman–Crippen LogP) is 3.63. The highest BCUT2D eigenvalue weighted by molar-refractivity contribution is 6.31. The first-order chi connectivity index (χ1) is 8.72. The van der Waals surface area contributed by atoms with Gasteiger partial charge in [-0.1, -0.05) is 23.7 Å². The highest BCUT2D eigenvalue weighted by Gasteiger charge is 2.12. The molecule has 5 heteroatoms. The van der Waals surface area contributed by atoms with Crippen molar-refractivity contribution < 1.29 is 8.91 Å². The zero-order valence-corrected chi connectivity index (χ0v) is 10.8. The molecule has 96 valence electrons. The average Bonchev–Trinajstić information content (AvgIpc) is 2.81. The van der Waals surface area contributed by atoms with E-state index in [-0.39, 0.29) is 5.02 Å². The highest BCUT2D eigenvalue weighted by atomic mass is 35.5. The van der Waals surface area contributed by atoms with Crippen molar-refractivity contribution in [2.45, 2.75) is 19.9 Å². The number of hydrogen-bond donors (Lipinski definition) is 1. The number of nitrogens with zero attached hydrogens (tertiary/aromatic N) is 1. The molecule has 1 heterocycles. The number of aromatic nitrogens is 1. The van der Waals surface area contributed by atoms with Gasteiger partial charge in [-0.25, -0.2) is 4.39 Å². The Morgan fingerprint density at radius 3 is 3.00 bits per heavy atom. The summed E-state index contributed by atoms with van der Waals surface area (Å²) in [6.07, 6.45) is 2.72. The molecule has 1 aromatic heterocycles. The zero-order chi connectivity index (χ0) is 13.0. The Hall–Kier alpha value is -1.39. The van der Waals surface area contributed by atoms with E-state index in [1.165, 1.54) is 6.07 Å². The van der Waals surface area contributed by atoms with E-state index >= 15 is 0 Å². The highest BCUT2D eigenvalue weighted by Crippen LogP contribution is 2.27. The summed E-state index contributed by atoms with van der Waals surface area (Å²) in [6.45, 7) is 3.69. The first-order valence-corrected chi connectivity index (χ1v) is 6.20. The second kappa shape index (κ2) is 5.98. The lowest BCUT2D eigenvalue weighted by Gasteiger charge is -2.03. The molecule has 0 saturated heterocycles. The molecule has 3 nitrogen and oxygen atoms in total. The van der Waals surface area contributed by atoms with Gasteiger partial charge in [0.15, 0.2) is 5.76 Å². The van der Waals surface area contributed by atoms with Crippen molar-refractivity contribution >= 4 is 11.6 Å². The summed E-state index contributed by atoms with van der Waals surface area (Å²) in [6, 6.07) is 4.50. The number of hydrogen-bond acceptors (Lipinski definition) is 3. The zero-order valence-electron chi connectivity index (χ0n) is 10.0. The van der Waals surface area contributed by atoms with Crippen molar-refractivity contribution in [1.82, 2.24) is 10.5 Å². The minimum absolute atomic E-state index is 0.0800. The van der Waals surface area contributed by atoms with Crippen molar-refractivity contribution in [2.24, 2.45) is 0 Å². The van der Waals surface area contributed by atoms with Gasteiger partial charge < -0.3 is 9.84 Å². The van der Waals surface area contributed by atoms with Crippen LogP contribution in [0.15, 0.2) is 28.9 Å². The van der Waals surface area contributed by atoms with Crippen LogP contribution in [0, 0.1) is 5.82 Å². The van der Waals surface area contributed by atoms with Gasteiger partial charge in [-0.05, 0) is 31.2 Å². The third-order valence-corrected chi connectivity index (χ3v) is 2.86. The smallest absolute Gasteiger partial charge is 0.171 e. The molecule has 0 aliphatic carbocycles. The third kappa shape index (κ3) is 2.89. The van der Waals surface area contributed by atoms with Gasteiger partial charge in [-0.15, -0.1) is 0 Å². The molecule has 2 aromatic rings. The van der Waals surface area contributed by atoms with Crippen molar-refractivity contribution in [3.8, 4) is 11.3 Å². The maximum atomic E-state index is 13.1. The van der Waals surface area contributed by atoms with Crippen LogP contribution in [-0.4, -0.2) is 11.7 Å². The molecule has 0 spiro atoms. The lowest BCUT2D eigenvalue weighted by atomic mass is 10.1. The van der Waals surface area contributed by atoms with E-state index in [4.69, 9.17) is 16.1 Å². The Morgan fingerprint density at radius 1 is 1.44 bits per heavy atom. The fourth-order valence-electron chi connectivity index (χ4n) is 1.66. The second-order valence-corrected chi connectivity index (χ2v) is 4.39. The quantitative estimate of drug-likeness (QED) is 0.842. The van der Waals surface area contributed by atoms with Gasteiger partial charge in [0.1, 0.15) is 5.82 Å². The molecule has 0 unspecified atom stereocenters. The molecular weight excluding hydrogens is 255 g/mol. The molecule has 0 fully saturated rings. The van der Waals surface area contributed by atoms with Crippen molar-refractivity contribution in [3.63, 3.8) is 0 Å². The van der Waals surface area contributed by atoms with E-state index in [9.17, 15) is 4.39 Å². The van der Waals surface area contributed by atoms with Crippen LogP contribution in [0.1, 0.15) is 18.9 Å². The normalized spacial score (nSPS) is 10.8. The average molecular weight is 269 g/mol. The number of nitrogens with one attached hydrogen (secondary N) is 1. The van der Waals surface area contributed by atoms with E-state index in [0.717, 1.165) is 24.1 Å². The maximum absolute atomic E-state index is 13.1. The fourth-order valence-corrected chi connectivity index (χ4v) is 1.84. The van der Waals surface area contributed by atoms with Gasteiger partial charge in [0.2, 0.25) is 0 Å². The molecule has 0 amide bonds. The Kier molecular flexibility index (Phi) is 4.33. The molecule has 0 atom stereocenters. The molecule has 0 bridgehead atoms. The van der Waals surface area contributed by atoms with Crippen LogP contribution < -0.4 is 5.32 Å². The summed E-state index contributed by atoms with van der Waals surface area (Å²) >= 11 is 5.76. The molecule has 1 aromatic carbocycles. The molecular formula is C13H14ClFN2O. The van der Waals surface area contributed by atoms with Gasteiger partial charge in [-0.2, -0.15) is 0 Å². The summed E-state index contributed by atoms with van der Waals surface area (Å²) in [4.78, 5) is 0. The monoisotopic (exact) mass is 268 g/mol. The van der Waals surface area contributed by atoms with Gasteiger partial charge in [0, 0.05) is 17.7 Å². The van der Waals surface area contributed by atoms with Crippen LogP contribution in [0.25, 0.3) is 11.3 Å². The number of benzene rings is 1. The van der Waals surface area contributed by atoms with Crippen LogP contribution >= 0.6 is 11.6 Å². The van der Waals surface area contributed by atoms with E-state index in [1.54, 1.807) is 18.3 Å². The van der Waals surface area contributed by atoms with E-state index in [1.807, 2.05) is 0 Å². The van der Waals surface area contributed by atoms with E-state index < -0.39 is 5.82 Å². The number of halogens is 2. The molecule has 0 saturated carbocycles. The topological polar surface area (TPSA) is 38.1 Å². The van der Waals surface area contributed by atoms with Crippen molar-refractivity contribution in [2.75, 3.05) is 6.54 Å². The van der Waals surface area contributed by atoms with Crippen molar-refractivity contribution in [3.05, 3.63) is 40.8 Å². The Balaban J connectivity index is 2.22. The summed E-state index contributed by atoms with van der Waals surface area (Å²) in [5, 5.41) is 7.12. The lowest BCUT2D eigenvalue weighted by molar-refractivity contribution is 0.431. The molecule has 18 heavy (non-hydrogen) atoms. The van der Waals surface area contributed by atoms with Crippen LogP contribution in [0.3, 0.4) is 0 Å². The van der Waals surface area contributed by atoms with Crippen LogP contribution in [0.2, 0.25) is 5.02 Å². The summed E-state index contributed by atoms with van der Waals surface area (Å²) in [7, 11) is 0.